The normalized spacial score (nSPS) is 15.8. The molecule has 4 nitrogen and oxygen atoms in total. The van der Waals surface area contributed by atoms with Crippen molar-refractivity contribution in [2.24, 2.45) is 0 Å². The molecule has 0 amide bonds. The molecule has 0 unspecified atom stereocenters. The molecule has 1 rings (SSSR count). The summed E-state index contributed by atoms with van der Waals surface area (Å²) in [7, 11) is -3.80. The van der Waals surface area contributed by atoms with Crippen LogP contribution in [0.25, 0.3) is 0 Å². The second kappa shape index (κ2) is 5.27. The van der Waals surface area contributed by atoms with Gasteiger partial charge in [0.1, 0.15) is 6.10 Å². The molecule has 6 heteroatoms. The number of hydrogen-bond donors (Lipinski definition) is 1. The Morgan fingerprint density at radius 1 is 1.25 bits per heavy atom. The van der Waals surface area contributed by atoms with Crippen molar-refractivity contribution in [2.45, 2.75) is 31.0 Å². The maximum absolute atomic E-state index is 11.7. The molecule has 0 bridgehead atoms. The van der Waals surface area contributed by atoms with E-state index in [-0.39, 0.29) is 4.90 Å². The second-order valence-corrected chi connectivity index (χ2v) is 5.94. The molecule has 1 N–H and O–H groups in total. The quantitative estimate of drug-likeness (QED) is 0.863. The van der Waals surface area contributed by atoms with Gasteiger partial charge >= 0.3 is 0 Å². The molecule has 0 radical (unpaired) electrons. The van der Waals surface area contributed by atoms with Gasteiger partial charge in [0, 0.05) is 4.47 Å². The highest BCUT2D eigenvalue weighted by atomic mass is 79.9. The minimum Gasteiger partial charge on any atom is -0.391 e. The van der Waals surface area contributed by atoms with E-state index in [2.05, 4.69) is 15.9 Å². The van der Waals surface area contributed by atoms with E-state index in [0.717, 1.165) is 4.47 Å². The predicted molar refractivity (Wildman–Crippen MR) is 63.6 cm³/mol. The molecule has 0 spiro atoms. The fraction of sp³-hybridized carbons (Fsp3) is 0.400. The van der Waals surface area contributed by atoms with E-state index in [9.17, 15) is 13.5 Å². The van der Waals surface area contributed by atoms with Gasteiger partial charge in [-0.2, -0.15) is 8.42 Å². The van der Waals surface area contributed by atoms with Crippen molar-refractivity contribution in [3.8, 4) is 0 Å². The molecule has 1 aromatic carbocycles. The Balaban J connectivity index is 2.90. The molecule has 0 saturated heterocycles. The Kier molecular flexibility index (Phi) is 4.49. The summed E-state index contributed by atoms with van der Waals surface area (Å²) in [5.74, 6) is 0. The van der Waals surface area contributed by atoms with Crippen LogP contribution >= 0.6 is 15.9 Å². The van der Waals surface area contributed by atoms with Crippen molar-refractivity contribution in [1.29, 1.82) is 0 Å². The molecule has 0 aromatic heterocycles. The van der Waals surface area contributed by atoms with Crippen molar-refractivity contribution < 1.29 is 17.7 Å². The Morgan fingerprint density at radius 2 is 1.75 bits per heavy atom. The number of halogens is 1. The van der Waals surface area contributed by atoms with Gasteiger partial charge in [-0.25, -0.2) is 0 Å². The van der Waals surface area contributed by atoms with Crippen molar-refractivity contribution in [1.82, 2.24) is 0 Å². The lowest BCUT2D eigenvalue weighted by Crippen LogP contribution is -2.26. The summed E-state index contributed by atoms with van der Waals surface area (Å²) in [5.41, 5.74) is 0. The Morgan fingerprint density at radius 3 is 2.19 bits per heavy atom. The van der Waals surface area contributed by atoms with Gasteiger partial charge in [0.2, 0.25) is 0 Å². The molecule has 0 heterocycles. The lowest BCUT2D eigenvalue weighted by Gasteiger charge is -2.15. The predicted octanol–water partition coefficient (Wildman–Crippen LogP) is 1.92. The average Bonchev–Trinajstić information content (AvgIpc) is 2.17. The van der Waals surface area contributed by atoms with Crippen LogP contribution in [0.2, 0.25) is 0 Å². The van der Waals surface area contributed by atoms with Crippen LogP contribution in [0.4, 0.5) is 0 Å². The molecule has 0 aliphatic rings. The lowest BCUT2D eigenvalue weighted by molar-refractivity contribution is 0.0646. The Labute approximate surface area is 104 Å². The van der Waals surface area contributed by atoms with E-state index in [1.54, 1.807) is 12.1 Å². The Bertz CT molecular complexity index is 438. The molecular formula is C10H13BrO4S. The van der Waals surface area contributed by atoms with Crippen LogP contribution in [-0.4, -0.2) is 25.7 Å². The van der Waals surface area contributed by atoms with Gasteiger partial charge in [-0.05, 0) is 38.1 Å². The van der Waals surface area contributed by atoms with Crippen molar-refractivity contribution in [3.63, 3.8) is 0 Å². The molecule has 16 heavy (non-hydrogen) atoms. The van der Waals surface area contributed by atoms with Crippen molar-refractivity contribution >= 4 is 26.0 Å². The third kappa shape index (κ3) is 3.55. The van der Waals surface area contributed by atoms with Crippen molar-refractivity contribution in [2.75, 3.05) is 0 Å². The summed E-state index contributed by atoms with van der Waals surface area (Å²) < 4.78 is 29.0. The molecule has 90 valence electrons. The zero-order valence-corrected chi connectivity index (χ0v) is 11.3. The highest BCUT2D eigenvalue weighted by Crippen LogP contribution is 2.18. The number of rotatable bonds is 4. The van der Waals surface area contributed by atoms with Crippen LogP contribution in [0.5, 0.6) is 0 Å². The maximum atomic E-state index is 11.7. The summed E-state index contributed by atoms with van der Waals surface area (Å²) in [4.78, 5) is 0.0724. The first-order chi connectivity index (χ1) is 7.33. The summed E-state index contributed by atoms with van der Waals surface area (Å²) in [6.07, 6.45) is -1.61. The molecule has 1 aromatic rings. The first-order valence-corrected chi connectivity index (χ1v) is 6.90. The highest BCUT2D eigenvalue weighted by Gasteiger charge is 2.21. The van der Waals surface area contributed by atoms with Crippen LogP contribution in [0.3, 0.4) is 0 Å². The fourth-order valence-corrected chi connectivity index (χ4v) is 2.34. The largest absolute Gasteiger partial charge is 0.391 e. The summed E-state index contributed by atoms with van der Waals surface area (Å²) in [5, 5.41) is 9.18. The van der Waals surface area contributed by atoms with E-state index < -0.39 is 22.3 Å². The van der Waals surface area contributed by atoms with E-state index >= 15 is 0 Å². The molecule has 2 atom stereocenters. The van der Waals surface area contributed by atoms with Gasteiger partial charge in [-0.3, -0.25) is 4.18 Å². The minimum absolute atomic E-state index is 0.0724. The molecule has 0 aliphatic carbocycles. The van der Waals surface area contributed by atoms with Gasteiger partial charge in [0.05, 0.1) is 11.0 Å². The number of aliphatic hydroxyl groups excluding tert-OH is 1. The molecule has 0 saturated carbocycles. The first kappa shape index (κ1) is 13.6. The minimum atomic E-state index is -3.80. The lowest BCUT2D eigenvalue weighted by atomic mass is 10.3. The van der Waals surface area contributed by atoms with Crippen LogP contribution < -0.4 is 0 Å². The fourth-order valence-electron chi connectivity index (χ4n) is 0.937. The van der Waals surface area contributed by atoms with Gasteiger partial charge in [-0.15, -0.1) is 0 Å². The third-order valence-corrected chi connectivity index (χ3v) is 4.00. The average molecular weight is 309 g/mol. The van der Waals surface area contributed by atoms with Crippen LogP contribution in [0, 0.1) is 0 Å². The highest BCUT2D eigenvalue weighted by molar-refractivity contribution is 9.10. The monoisotopic (exact) mass is 308 g/mol. The standard InChI is InChI=1S/C10H13BrO4S/c1-7(12)8(2)15-16(13,14)10-5-3-9(11)4-6-10/h3-8,12H,1-2H3/t7-,8+/m1/s1. The van der Waals surface area contributed by atoms with Crippen LogP contribution in [-0.2, 0) is 14.3 Å². The van der Waals surface area contributed by atoms with E-state index in [1.807, 2.05) is 0 Å². The van der Waals surface area contributed by atoms with Gasteiger partial charge in [0.15, 0.2) is 0 Å². The van der Waals surface area contributed by atoms with Crippen LogP contribution in [0.1, 0.15) is 13.8 Å². The number of hydrogen-bond acceptors (Lipinski definition) is 4. The maximum Gasteiger partial charge on any atom is 0.297 e. The summed E-state index contributed by atoms with van der Waals surface area (Å²) >= 11 is 3.21. The smallest absolute Gasteiger partial charge is 0.297 e. The third-order valence-electron chi connectivity index (χ3n) is 2.06. The summed E-state index contributed by atoms with van der Waals surface area (Å²) in [6.45, 7) is 2.98. The zero-order chi connectivity index (χ0) is 12.3. The number of benzene rings is 1. The van der Waals surface area contributed by atoms with E-state index in [4.69, 9.17) is 4.18 Å². The Hall–Kier alpha value is -0.430. The topological polar surface area (TPSA) is 63.6 Å². The SMILES string of the molecule is C[C@H](OS(=O)(=O)c1ccc(Br)cc1)[C@@H](C)O. The molecular weight excluding hydrogens is 296 g/mol. The number of aliphatic hydroxyl groups is 1. The molecule has 0 aliphatic heterocycles. The first-order valence-electron chi connectivity index (χ1n) is 4.70. The van der Waals surface area contributed by atoms with E-state index in [0.29, 0.717) is 0 Å². The summed E-state index contributed by atoms with van der Waals surface area (Å²) in [6, 6.07) is 6.11. The van der Waals surface area contributed by atoms with Gasteiger partial charge in [-0.1, -0.05) is 15.9 Å². The van der Waals surface area contributed by atoms with Gasteiger partial charge in [0.25, 0.3) is 10.1 Å². The van der Waals surface area contributed by atoms with E-state index in [1.165, 1.54) is 26.0 Å². The molecule has 0 fully saturated rings. The zero-order valence-electron chi connectivity index (χ0n) is 8.92. The second-order valence-electron chi connectivity index (χ2n) is 3.45. The van der Waals surface area contributed by atoms with Gasteiger partial charge < -0.3 is 5.11 Å². The van der Waals surface area contributed by atoms with Crippen LogP contribution in [0.15, 0.2) is 33.6 Å². The van der Waals surface area contributed by atoms with Crippen molar-refractivity contribution in [3.05, 3.63) is 28.7 Å².